The predicted molar refractivity (Wildman–Crippen MR) is 73.0 cm³/mol. The van der Waals surface area contributed by atoms with Crippen molar-refractivity contribution in [3.63, 3.8) is 0 Å². The highest BCUT2D eigenvalue weighted by atomic mass is 79.9. The summed E-state index contributed by atoms with van der Waals surface area (Å²) in [6.07, 6.45) is 0. The lowest BCUT2D eigenvalue weighted by molar-refractivity contribution is 0.102. The molecule has 0 saturated heterocycles. The zero-order chi connectivity index (χ0) is 12.3. The second-order valence-electron chi connectivity index (χ2n) is 3.19. The average Bonchev–Trinajstić information content (AvgIpc) is 2.73. The van der Waals surface area contributed by atoms with Crippen molar-refractivity contribution in [3.05, 3.63) is 39.7 Å². The van der Waals surface area contributed by atoms with Crippen LogP contribution in [-0.2, 0) is 0 Å². The van der Waals surface area contributed by atoms with E-state index in [1.54, 1.807) is 17.5 Å². The summed E-state index contributed by atoms with van der Waals surface area (Å²) in [6.45, 7) is 0. The van der Waals surface area contributed by atoms with Gasteiger partial charge in [0.15, 0.2) is 10.1 Å². The van der Waals surface area contributed by atoms with Crippen LogP contribution in [0.1, 0.15) is 10.4 Å². The van der Waals surface area contributed by atoms with E-state index in [1.165, 1.54) is 23.1 Å². The van der Waals surface area contributed by atoms with Gasteiger partial charge in [0.25, 0.3) is 0 Å². The van der Waals surface area contributed by atoms with Crippen molar-refractivity contribution in [2.24, 2.45) is 0 Å². The van der Waals surface area contributed by atoms with E-state index in [1.807, 2.05) is 12.1 Å². The zero-order valence-corrected chi connectivity index (χ0v) is 11.8. The van der Waals surface area contributed by atoms with Gasteiger partial charge in [-0.3, -0.25) is 4.79 Å². The molecule has 88 valence electrons. The molecule has 1 aromatic carbocycles. The lowest BCUT2D eigenvalue weighted by Crippen LogP contribution is -2.01. The van der Waals surface area contributed by atoms with Crippen molar-refractivity contribution in [1.82, 2.24) is 4.98 Å². The molecular weight excluding hydrogens is 322 g/mol. The number of thiazole rings is 1. The van der Waals surface area contributed by atoms with Crippen LogP contribution in [0.25, 0.3) is 0 Å². The number of nitrogens with zero attached hydrogens (tertiary/aromatic N) is 1. The molecule has 0 bridgehead atoms. The van der Waals surface area contributed by atoms with Gasteiger partial charge in [-0.15, -0.1) is 11.3 Å². The van der Waals surface area contributed by atoms with Crippen molar-refractivity contribution in [2.75, 3.05) is 5.75 Å². The number of rotatable bonds is 4. The fourth-order valence-electron chi connectivity index (χ4n) is 1.16. The van der Waals surface area contributed by atoms with Crippen molar-refractivity contribution in [1.29, 1.82) is 0 Å². The standard InChI is InChI=1S/C11H8BrNO2S2/c12-8-3-1-7(2-4-8)9(14)5-16-11-13-10(15)6-17-11/h1-4,6,15H,5H2. The quantitative estimate of drug-likeness (QED) is 0.688. The van der Waals surface area contributed by atoms with Gasteiger partial charge >= 0.3 is 0 Å². The highest BCUT2D eigenvalue weighted by molar-refractivity contribution is 9.10. The molecule has 0 atom stereocenters. The molecule has 1 aromatic heterocycles. The van der Waals surface area contributed by atoms with Gasteiger partial charge in [-0.1, -0.05) is 39.8 Å². The van der Waals surface area contributed by atoms with E-state index in [9.17, 15) is 4.79 Å². The van der Waals surface area contributed by atoms with Gasteiger partial charge in [0, 0.05) is 10.0 Å². The highest BCUT2D eigenvalue weighted by Crippen LogP contribution is 2.26. The molecule has 2 rings (SSSR count). The fourth-order valence-corrected chi connectivity index (χ4v) is 3.00. The van der Waals surface area contributed by atoms with Gasteiger partial charge < -0.3 is 5.11 Å². The summed E-state index contributed by atoms with van der Waals surface area (Å²) in [5.41, 5.74) is 0.682. The molecule has 0 unspecified atom stereocenters. The minimum absolute atomic E-state index is 0.00795. The Labute approximate surface area is 115 Å². The number of ketones is 1. The van der Waals surface area contributed by atoms with Crippen LogP contribution >= 0.6 is 39.0 Å². The molecule has 0 aliphatic heterocycles. The van der Waals surface area contributed by atoms with E-state index < -0.39 is 0 Å². The lowest BCUT2D eigenvalue weighted by Gasteiger charge is -1.99. The maximum Gasteiger partial charge on any atom is 0.222 e. The first kappa shape index (κ1) is 12.6. The van der Waals surface area contributed by atoms with Gasteiger partial charge in [0.05, 0.1) is 11.1 Å². The summed E-state index contributed by atoms with van der Waals surface area (Å²) < 4.78 is 1.65. The van der Waals surface area contributed by atoms with Crippen LogP contribution in [0.5, 0.6) is 5.88 Å². The van der Waals surface area contributed by atoms with E-state index in [2.05, 4.69) is 20.9 Å². The Bertz CT molecular complexity index is 525. The molecule has 0 aliphatic rings. The van der Waals surface area contributed by atoms with Crippen molar-refractivity contribution < 1.29 is 9.90 Å². The number of hydrogen-bond acceptors (Lipinski definition) is 5. The molecule has 6 heteroatoms. The molecule has 1 N–H and O–H groups in total. The van der Waals surface area contributed by atoms with Crippen LogP contribution in [0.15, 0.2) is 38.5 Å². The Morgan fingerprint density at radius 3 is 2.71 bits per heavy atom. The van der Waals surface area contributed by atoms with Crippen LogP contribution in [0.2, 0.25) is 0 Å². The van der Waals surface area contributed by atoms with E-state index >= 15 is 0 Å². The summed E-state index contributed by atoms with van der Waals surface area (Å²) in [5.74, 6) is 0.389. The third-order valence-electron chi connectivity index (χ3n) is 1.96. The number of aromatic hydroxyl groups is 1. The first-order valence-electron chi connectivity index (χ1n) is 4.71. The van der Waals surface area contributed by atoms with Crippen LogP contribution in [0, 0.1) is 0 Å². The maximum atomic E-state index is 11.8. The second kappa shape index (κ2) is 5.66. The zero-order valence-electron chi connectivity index (χ0n) is 8.59. The Hall–Kier alpha value is -0.850. The molecule has 0 aliphatic carbocycles. The van der Waals surface area contributed by atoms with Gasteiger partial charge in [-0.2, -0.15) is 4.98 Å². The Balaban J connectivity index is 1.95. The average molecular weight is 330 g/mol. The number of hydrogen-bond donors (Lipinski definition) is 1. The fraction of sp³-hybridized carbons (Fsp3) is 0.0909. The normalized spacial score (nSPS) is 10.4. The van der Waals surface area contributed by atoms with Crippen molar-refractivity contribution in [2.45, 2.75) is 4.34 Å². The summed E-state index contributed by atoms with van der Waals surface area (Å²) >= 11 is 5.99. The summed E-state index contributed by atoms with van der Waals surface area (Å²) in [6, 6.07) is 7.25. The Morgan fingerprint density at radius 1 is 1.41 bits per heavy atom. The van der Waals surface area contributed by atoms with E-state index in [0.717, 1.165) is 4.47 Å². The number of halogens is 1. The van der Waals surface area contributed by atoms with Gasteiger partial charge in [-0.05, 0) is 12.1 Å². The van der Waals surface area contributed by atoms with Crippen LogP contribution in [-0.4, -0.2) is 21.6 Å². The summed E-state index contributed by atoms with van der Waals surface area (Å²) in [4.78, 5) is 15.7. The topological polar surface area (TPSA) is 50.2 Å². The maximum absolute atomic E-state index is 11.8. The Morgan fingerprint density at radius 2 is 2.12 bits per heavy atom. The number of aromatic nitrogens is 1. The molecular formula is C11H8BrNO2S2. The highest BCUT2D eigenvalue weighted by Gasteiger charge is 2.08. The minimum atomic E-state index is 0.00795. The molecule has 0 saturated carbocycles. The molecule has 0 spiro atoms. The van der Waals surface area contributed by atoms with Gasteiger partial charge in [0.2, 0.25) is 5.88 Å². The lowest BCUT2D eigenvalue weighted by atomic mass is 10.2. The third-order valence-corrected chi connectivity index (χ3v) is 4.50. The molecule has 3 nitrogen and oxygen atoms in total. The van der Waals surface area contributed by atoms with Crippen LogP contribution in [0.4, 0.5) is 0 Å². The number of thioether (sulfide) groups is 1. The van der Waals surface area contributed by atoms with Crippen LogP contribution in [0.3, 0.4) is 0 Å². The molecule has 1 heterocycles. The molecule has 0 amide bonds. The molecule has 0 fully saturated rings. The minimum Gasteiger partial charge on any atom is -0.493 e. The molecule has 2 aromatic rings. The molecule has 0 radical (unpaired) electrons. The van der Waals surface area contributed by atoms with Crippen molar-refractivity contribution >= 4 is 44.8 Å². The third kappa shape index (κ3) is 3.55. The summed E-state index contributed by atoms with van der Waals surface area (Å²) in [5, 5.41) is 10.6. The first-order valence-corrected chi connectivity index (χ1v) is 7.37. The van der Waals surface area contributed by atoms with E-state index in [0.29, 0.717) is 15.7 Å². The SMILES string of the molecule is O=C(CSc1nc(O)cs1)c1ccc(Br)cc1. The Kier molecular flexibility index (Phi) is 4.20. The number of benzene rings is 1. The molecule has 17 heavy (non-hydrogen) atoms. The number of carbonyl (C=O) groups is 1. The first-order chi connectivity index (χ1) is 8.15. The van der Waals surface area contributed by atoms with Gasteiger partial charge in [0.1, 0.15) is 0 Å². The monoisotopic (exact) mass is 329 g/mol. The summed E-state index contributed by atoms with van der Waals surface area (Å²) in [7, 11) is 0. The van der Waals surface area contributed by atoms with Crippen molar-refractivity contribution in [3.8, 4) is 5.88 Å². The van der Waals surface area contributed by atoms with E-state index in [4.69, 9.17) is 5.11 Å². The number of carbonyl (C=O) groups excluding carboxylic acids is 1. The second-order valence-corrected chi connectivity index (χ2v) is 6.19. The van der Waals surface area contributed by atoms with Crippen LogP contribution < -0.4 is 0 Å². The smallest absolute Gasteiger partial charge is 0.222 e. The van der Waals surface area contributed by atoms with E-state index in [-0.39, 0.29) is 11.7 Å². The largest absolute Gasteiger partial charge is 0.493 e. The predicted octanol–water partition coefficient (Wildman–Crippen LogP) is 3.59. The number of Topliss-reactive ketones (excluding diaryl/α,β-unsaturated/α-hetero) is 1. The van der Waals surface area contributed by atoms with Gasteiger partial charge in [-0.25, -0.2) is 0 Å².